The monoisotopic (exact) mass is 376 g/mol. The maximum atomic E-state index is 12.5. The van der Waals surface area contributed by atoms with Crippen LogP contribution in [0.3, 0.4) is 0 Å². The van der Waals surface area contributed by atoms with Gasteiger partial charge < -0.3 is 5.32 Å². The third-order valence-electron chi connectivity index (χ3n) is 3.32. The molecule has 1 heterocycles. The Balaban J connectivity index is 1.99. The van der Waals surface area contributed by atoms with Crippen molar-refractivity contribution in [3.8, 4) is 0 Å². The molecule has 1 amide bonds. The van der Waals surface area contributed by atoms with Crippen LogP contribution in [0, 0.1) is 0 Å². The number of carbonyl (C=O) groups excluding carboxylic acids is 1. The summed E-state index contributed by atoms with van der Waals surface area (Å²) in [6.45, 7) is 1.27. The number of aromatic nitrogens is 2. The molecule has 2 rings (SSSR count). The molecule has 3 N–H and O–H groups in total. The lowest BCUT2D eigenvalue weighted by molar-refractivity contribution is -0.141. The molecule has 1 aromatic heterocycles. The minimum Gasteiger partial charge on any atom is -0.348 e. The highest BCUT2D eigenvalue weighted by molar-refractivity contribution is 7.89. The van der Waals surface area contributed by atoms with Gasteiger partial charge in [-0.25, -0.2) is 13.6 Å². The lowest BCUT2D eigenvalue weighted by atomic mass is 10.1. The summed E-state index contributed by atoms with van der Waals surface area (Å²) in [6.07, 6.45) is -3.51. The Bertz CT molecular complexity index is 860. The van der Waals surface area contributed by atoms with Crippen molar-refractivity contribution in [2.75, 3.05) is 0 Å². The predicted octanol–water partition coefficient (Wildman–Crippen LogP) is 1.43. The molecule has 0 aliphatic rings. The first-order valence-corrected chi connectivity index (χ1v) is 8.54. The standard InChI is InChI=1S/C14H15F3N4O3S/c1-9(10-2-4-11(5-3-10)25(18,23)24)19-13(22)8-21-7-6-12(20-21)14(15,16)17/h2-7,9H,8H2,1H3,(H,19,22)(H2,18,23,24). The lowest BCUT2D eigenvalue weighted by Crippen LogP contribution is -2.30. The summed E-state index contributed by atoms with van der Waals surface area (Å²) < 4.78 is 60.6. The minimum absolute atomic E-state index is 0.0639. The SMILES string of the molecule is CC(NC(=O)Cn1ccc(C(F)(F)F)n1)c1ccc(S(N)(=O)=O)cc1. The van der Waals surface area contributed by atoms with Gasteiger partial charge in [0.25, 0.3) is 0 Å². The maximum absolute atomic E-state index is 12.5. The molecule has 2 aromatic rings. The lowest BCUT2D eigenvalue weighted by Gasteiger charge is -2.14. The maximum Gasteiger partial charge on any atom is 0.435 e. The van der Waals surface area contributed by atoms with Crippen molar-refractivity contribution in [1.29, 1.82) is 0 Å². The van der Waals surface area contributed by atoms with E-state index in [2.05, 4.69) is 10.4 Å². The topological polar surface area (TPSA) is 107 Å². The van der Waals surface area contributed by atoms with Crippen molar-refractivity contribution in [2.45, 2.75) is 30.6 Å². The van der Waals surface area contributed by atoms with Crippen LogP contribution < -0.4 is 10.5 Å². The summed E-state index contributed by atoms with van der Waals surface area (Å²) >= 11 is 0. The molecule has 0 radical (unpaired) electrons. The molecule has 0 aliphatic heterocycles. The zero-order chi connectivity index (χ0) is 18.8. The number of primary sulfonamides is 1. The van der Waals surface area contributed by atoms with Crippen LogP contribution in [0.15, 0.2) is 41.4 Å². The van der Waals surface area contributed by atoms with Crippen molar-refractivity contribution in [3.05, 3.63) is 47.8 Å². The zero-order valence-corrected chi connectivity index (χ0v) is 13.8. The quantitative estimate of drug-likeness (QED) is 0.823. The number of benzene rings is 1. The van der Waals surface area contributed by atoms with E-state index in [1.54, 1.807) is 6.92 Å². The number of rotatable bonds is 5. The number of nitrogens with one attached hydrogen (secondary N) is 1. The number of carbonyl (C=O) groups is 1. The number of sulfonamides is 1. The van der Waals surface area contributed by atoms with Gasteiger partial charge >= 0.3 is 6.18 Å². The molecule has 7 nitrogen and oxygen atoms in total. The molecule has 11 heteroatoms. The molecule has 136 valence electrons. The molecule has 1 atom stereocenters. The summed E-state index contributed by atoms with van der Waals surface area (Å²) in [6, 6.07) is 5.87. The largest absolute Gasteiger partial charge is 0.435 e. The smallest absolute Gasteiger partial charge is 0.348 e. The number of hydrogen-bond donors (Lipinski definition) is 2. The fourth-order valence-electron chi connectivity index (χ4n) is 2.06. The number of hydrogen-bond acceptors (Lipinski definition) is 4. The summed E-state index contributed by atoms with van der Waals surface area (Å²) in [4.78, 5) is 11.8. The number of amides is 1. The van der Waals surface area contributed by atoms with Gasteiger partial charge in [-0.2, -0.15) is 18.3 Å². The third-order valence-corrected chi connectivity index (χ3v) is 4.25. The second kappa shape index (κ2) is 6.84. The number of halogens is 3. The normalized spacial score (nSPS) is 13.5. The highest BCUT2D eigenvalue weighted by atomic mass is 32.2. The van der Waals surface area contributed by atoms with Crippen LogP contribution in [0.25, 0.3) is 0 Å². The van der Waals surface area contributed by atoms with Crippen LogP contribution >= 0.6 is 0 Å². The van der Waals surface area contributed by atoms with Gasteiger partial charge in [-0.1, -0.05) is 12.1 Å². The Hall–Kier alpha value is -2.40. The predicted molar refractivity (Wildman–Crippen MR) is 81.6 cm³/mol. The first-order chi connectivity index (χ1) is 11.5. The summed E-state index contributed by atoms with van der Waals surface area (Å²) in [5, 5.41) is 10.9. The van der Waals surface area contributed by atoms with E-state index < -0.39 is 33.8 Å². The van der Waals surface area contributed by atoms with E-state index in [4.69, 9.17) is 5.14 Å². The van der Waals surface area contributed by atoms with Crippen molar-refractivity contribution in [2.24, 2.45) is 5.14 Å². The van der Waals surface area contributed by atoms with E-state index in [0.29, 0.717) is 5.56 Å². The molecule has 0 spiro atoms. The second-order valence-electron chi connectivity index (χ2n) is 5.30. The summed E-state index contributed by atoms with van der Waals surface area (Å²) in [7, 11) is -3.81. The summed E-state index contributed by atoms with van der Waals surface area (Å²) in [5.41, 5.74) is -0.468. The fraction of sp³-hybridized carbons (Fsp3) is 0.286. The molecule has 0 fully saturated rings. The molecule has 25 heavy (non-hydrogen) atoms. The van der Waals surface area contributed by atoms with Crippen molar-refractivity contribution in [1.82, 2.24) is 15.1 Å². The molecular formula is C14H15F3N4O3S. The molecule has 0 saturated carbocycles. The van der Waals surface area contributed by atoms with E-state index >= 15 is 0 Å². The average Bonchev–Trinajstić information content (AvgIpc) is 2.95. The van der Waals surface area contributed by atoms with Crippen LogP contribution in [0.1, 0.15) is 24.2 Å². The molecule has 0 aliphatic carbocycles. The highest BCUT2D eigenvalue weighted by Crippen LogP contribution is 2.27. The van der Waals surface area contributed by atoms with Crippen LogP contribution in [0.5, 0.6) is 0 Å². The van der Waals surface area contributed by atoms with Gasteiger partial charge in [0.05, 0.1) is 10.9 Å². The fourth-order valence-corrected chi connectivity index (χ4v) is 2.58. The van der Waals surface area contributed by atoms with Crippen LogP contribution in [-0.4, -0.2) is 24.1 Å². The second-order valence-corrected chi connectivity index (χ2v) is 6.86. The minimum atomic E-state index is -4.57. The van der Waals surface area contributed by atoms with Gasteiger partial charge in [0.15, 0.2) is 5.69 Å². The van der Waals surface area contributed by atoms with Gasteiger partial charge in [0, 0.05) is 6.20 Å². The first kappa shape index (κ1) is 18.9. The van der Waals surface area contributed by atoms with E-state index in [-0.39, 0.29) is 11.4 Å². The van der Waals surface area contributed by atoms with Gasteiger partial charge in [-0.05, 0) is 30.7 Å². The van der Waals surface area contributed by atoms with Crippen LogP contribution in [0.4, 0.5) is 13.2 Å². The van der Waals surface area contributed by atoms with E-state index in [1.165, 1.54) is 24.3 Å². The molecule has 1 aromatic carbocycles. The van der Waals surface area contributed by atoms with Gasteiger partial charge in [0.2, 0.25) is 15.9 Å². The van der Waals surface area contributed by atoms with E-state index in [1.807, 2.05) is 0 Å². The number of nitrogens with two attached hydrogens (primary N) is 1. The third kappa shape index (κ3) is 5.03. The Morgan fingerprint density at radius 1 is 1.28 bits per heavy atom. The van der Waals surface area contributed by atoms with Gasteiger partial charge in [-0.15, -0.1) is 0 Å². The first-order valence-electron chi connectivity index (χ1n) is 6.99. The number of nitrogens with zero attached hydrogens (tertiary/aromatic N) is 2. The van der Waals surface area contributed by atoms with Crippen LogP contribution in [0.2, 0.25) is 0 Å². The number of alkyl halides is 3. The van der Waals surface area contributed by atoms with Crippen molar-refractivity contribution >= 4 is 15.9 Å². The Morgan fingerprint density at radius 3 is 2.36 bits per heavy atom. The zero-order valence-electron chi connectivity index (χ0n) is 13.0. The molecule has 0 saturated heterocycles. The van der Waals surface area contributed by atoms with Gasteiger partial charge in [-0.3, -0.25) is 9.48 Å². The van der Waals surface area contributed by atoms with Crippen LogP contribution in [-0.2, 0) is 27.5 Å². The Labute approximate surface area is 141 Å². The van der Waals surface area contributed by atoms with Crippen molar-refractivity contribution in [3.63, 3.8) is 0 Å². The Morgan fingerprint density at radius 2 is 1.88 bits per heavy atom. The molecular weight excluding hydrogens is 361 g/mol. The molecule has 1 unspecified atom stereocenters. The van der Waals surface area contributed by atoms with Gasteiger partial charge in [0.1, 0.15) is 6.54 Å². The van der Waals surface area contributed by atoms with E-state index in [0.717, 1.165) is 16.9 Å². The Kier molecular flexibility index (Phi) is 5.18. The summed E-state index contributed by atoms with van der Waals surface area (Å²) in [5.74, 6) is -0.542. The van der Waals surface area contributed by atoms with Crippen molar-refractivity contribution < 1.29 is 26.4 Å². The molecule has 0 bridgehead atoms. The average molecular weight is 376 g/mol. The highest BCUT2D eigenvalue weighted by Gasteiger charge is 2.33. The van der Waals surface area contributed by atoms with E-state index in [9.17, 15) is 26.4 Å².